The van der Waals surface area contributed by atoms with Crippen molar-refractivity contribution in [2.45, 2.75) is 0 Å². The maximum atomic E-state index is 11.8. The molecule has 0 atom stereocenters. The van der Waals surface area contributed by atoms with E-state index < -0.39 is 4.92 Å². The first-order valence-electron chi connectivity index (χ1n) is 6.14. The fraction of sp³-hybridized carbons (Fsp3) is 0. The topological polar surface area (TPSA) is 72.2 Å². The first-order chi connectivity index (χ1) is 10.5. The third-order valence-electron chi connectivity index (χ3n) is 2.72. The van der Waals surface area contributed by atoms with E-state index in [9.17, 15) is 14.9 Å². The van der Waals surface area contributed by atoms with Crippen molar-refractivity contribution in [1.82, 2.24) is 0 Å². The van der Waals surface area contributed by atoms with Crippen molar-refractivity contribution in [2.75, 3.05) is 5.32 Å². The highest BCUT2D eigenvalue weighted by Crippen LogP contribution is 2.26. The van der Waals surface area contributed by atoms with Crippen molar-refractivity contribution in [3.8, 4) is 0 Å². The minimum absolute atomic E-state index is 0.111. The maximum absolute atomic E-state index is 11.8. The van der Waals surface area contributed by atoms with Gasteiger partial charge >= 0.3 is 0 Å². The minimum atomic E-state index is -0.551. The molecule has 0 spiro atoms. The van der Waals surface area contributed by atoms with E-state index in [0.717, 1.165) is 10.0 Å². The van der Waals surface area contributed by atoms with Gasteiger partial charge in [-0.3, -0.25) is 14.9 Å². The van der Waals surface area contributed by atoms with Crippen LogP contribution in [0.25, 0.3) is 6.08 Å². The minimum Gasteiger partial charge on any atom is -0.321 e. The molecule has 0 bridgehead atoms. The Labute approximate surface area is 139 Å². The van der Waals surface area contributed by atoms with Gasteiger partial charge in [0, 0.05) is 22.7 Å². The average Bonchev–Trinajstić information content (AvgIpc) is 2.48. The molecule has 0 aliphatic rings. The number of rotatable bonds is 4. The Morgan fingerprint density at radius 1 is 1.23 bits per heavy atom. The van der Waals surface area contributed by atoms with Crippen molar-refractivity contribution >= 4 is 50.9 Å². The molecule has 0 heterocycles. The van der Waals surface area contributed by atoms with Crippen LogP contribution in [0, 0.1) is 10.1 Å². The van der Waals surface area contributed by atoms with Crippen LogP contribution >= 0.6 is 27.5 Å². The quantitative estimate of drug-likeness (QED) is 0.475. The molecule has 0 fully saturated rings. The van der Waals surface area contributed by atoms with Gasteiger partial charge in [0.25, 0.3) is 5.69 Å². The van der Waals surface area contributed by atoms with Gasteiger partial charge in [0.05, 0.1) is 15.6 Å². The number of carbonyl (C=O) groups is 1. The van der Waals surface area contributed by atoms with Gasteiger partial charge in [-0.05, 0) is 29.8 Å². The molecule has 0 aliphatic heterocycles. The van der Waals surface area contributed by atoms with Gasteiger partial charge < -0.3 is 5.32 Å². The predicted molar refractivity (Wildman–Crippen MR) is 89.9 cm³/mol. The Bertz CT molecular complexity index is 745. The summed E-state index contributed by atoms with van der Waals surface area (Å²) in [5, 5.41) is 13.3. The molecule has 0 unspecified atom stereocenters. The zero-order valence-corrected chi connectivity index (χ0v) is 13.5. The van der Waals surface area contributed by atoms with E-state index in [4.69, 9.17) is 11.6 Å². The molecule has 2 aromatic carbocycles. The van der Waals surface area contributed by atoms with Crippen molar-refractivity contribution in [3.63, 3.8) is 0 Å². The van der Waals surface area contributed by atoms with Crippen LogP contribution in [0.15, 0.2) is 53.0 Å². The Balaban J connectivity index is 2.05. The summed E-state index contributed by atoms with van der Waals surface area (Å²) >= 11 is 9.23. The Morgan fingerprint density at radius 2 is 1.91 bits per heavy atom. The summed E-state index contributed by atoms with van der Waals surface area (Å²) in [6, 6.07) is 11.3. The predicted octanol–water partition coefficient (Wildman–Crippen LogP) is 4.66. The highest BCUT2D eigenvalue weighted by molar-refractivity contribution is 9.10. The lowest BCUT2D eigenvalue weighted by Gasteiger charge is -2.04. The molecule has 112 valence electrons. The van der Waals surface area contributed by atoms with E-state index in [0.29, 0.717) is 5.69 Å². The summed E-state index contributed by atoms with van der Waals surface area (Å²) in [6.45, 7) is 0. The number of non-ortho nitro benzene ring substituents is 1. The smallest absolute Gasteiger partial charge is 0.271 e. The van der Waals surface area contributed by atoms with Crippen molar-refractivity contribution in [1.29, 1.82) is 0 Å². The number of nitro benzene ring substituents is 1. The molecule has 2 rings (SSSR count). The lowest BCUT2D eigenvalue weighted by atomic mass is 10.2. The second-order valence-electron chi connectivity index (χ2n) is 4.30. The van der Waals surface area contributed by atoms with Gasteiger partial charge in [0.2, 0.25) is 5.91 Å². The van der Waals surface area contributed by atoms with Gasteiger partial charge in [-0.1, -0.05) is 39.7 Å². The first kappa shape index (κ1) is 16.2. The fourth-order valence-corrected chi connectivity index (χ4v) is 2.13. The number of amides is 1. The number of nitrogens with one attached hydrogen (secondary N) is 1. The van der Waals surface area contributed by atoms with Crippen LogP contribution in [0.2, 0.25) is 5.02 Å². The van der Waals surface area contributed by atoms with Crippen LogP contribution in [0.3, 0.4) is 0 Å². The summed E-state index contributed by atoms with van der Waals surface area (Å²) in [6.07, 6.45) is 3.02. The molecular formula is C15H10BrClN2O3. The number of nitro groups is 1. The summed E-state index contributed by atoms with van der Waals surface area (Å²) in [5.74, 6) is -0.376. The monoisotopic (exact) mass is 380 g/mol. The molecule has 0 saturated heterocycles. The van der Waals surface area contributed by atoms with Crippen LogP contribution in [0.4, 0.5) is 11.4 Å². The number of carbonyl (C=O) groups excluding carboxylic acids is 1. The molecule has 22 heavy (non-hydrogen) atoms. The molecule has 0 saturated carbocycles. The molecule has 0 radical (unpaired) electrons. The number of hydrogen-bond donors (Lipinski definition) is 1. The van der Waals surface area contributed by atoms with Gasteiger partial charge in [-0.2, -0.15) is 0 Å². The Morgan fingerprint density at radius 3 is 2.50 bits per heavy atom. The molecular weight excluding hydrogens is 372 g/mol. The molecule has 7 heteroatoms. The zero-order chi connectivity index (χ0) is 16.1. The first-order valence-corrected chi connectivity index (χ1v) is 7.31. The lowest BCUT2D eigenvalue weighted by molar-refractivity contribution is -0.384. The third-order valence-corrected chi connectivity index (χ3v) is 3.56. The van der Waals surface area contributed by atoms with E-state index in [1.807, 2.05) is 24.3 Å². The number of anilines is 1. The SMILES string of the molecule is O=C(C=Cc1ccc(Br)cc1)Nc1ccc([N+](=O)[O-])cc1Cl. The molecule has 0 aromatic heterocycles. The molecule has 5 nitrogen and oxygen atoms in total. The second kappa shape index (κ2) is 7.20. The van der Waals surface area contributed by atoms with Crippen LogP contribution in [0.1, 0.15) is 5.56 Å². The van der Waals surface area contributed by atoms with Crippen LogP contribution in [0.5, 0.6) is 0 Å². The third kappa shape index (κ3) is 4.41. The summed E-state index contributed by atoms with van der Waals surface area (Å²) in [5.41, 5.74) is 1.05. The lowest BCUT2D eigenvalue weighted by Crippen LogP contribution is -2.08. The van der Waals surface area contributed by atoms with E-state index in [2.05, 4.69) is 21.2 Å². The summed E-state index contributed by atoms with van der Waals surface area (Å²) in [7, 11) is 0. The van der Waals surface area contributed by atoms with E-state index in [1.54, 1.807) is 6.08 Å². The van der Waals surface area contributed by atoms with Gasteiger partial charge in [-0.25, -0.2) is 0 Å². The van der Waals surface area contributed by atoms with Gasteiger partial charge in [0.1, 0.15) is 0 Å². The number of hydrogen-bond acceptors (Lipinski definition) is 3. The van der Waals surface area contributed by atoms with Crippen LogP contribution in [-0.2, 0) is 4.79 Å². The molecule has 1 N–H and O–H groups in total. The maximum Gasteiger partial charge on any atom is 0.271 e. The Kier molecular flexibility index (Phi) is 5.30. The van der Waals surface area contributed by atoms with Crippen molar-refractivity contribution in [3.05, 3.63) is 73.7 Å². The van der Waals surface area contributed by atoms with E-state index in [-0.39, 0.29) is 16.6 Å². The summed E-state index contributed by atoms with van der Waals surface area (Å²) in [4.78, 5) is 21.9. The molecule has 2 aromatic rings. The van der Waals surface area contributed by atoms with Crippen LogP contribution in [-0.4, -0.2) is 10.8 Å². The highest BCUT2D eigenvalue weighted by Gasteiger charge is 2.10. The highest BCUT2D eigenvalue weighted by atomic mass is 79.9. The average molecular weight is 382 g/mol. The molecule has 0 aliphatic carbocycles. The van der Waals surface area contributed by atoms with Gasteiger partial charge in [-0.15, -0.1) is 0 Å². The van der Waals surface area contributed by atoms with E-state index in [1.165, 1.54) is 24.3 Å². The number of nitrogens with zero attached hydrogens (tertiary/aromatic N) is 1. The van der Waals surface area contributed by atoms with Crippen LogP contribution < -0.4 is 5.32 Å². The van der Waals surface area contributed by atoms with E-state index >= 15 is 0 Å². The zero-order valence-electron chi connectivity index (χ0n) is 11.1. The normalized spacial score (nSPS) is 10.6. The standard InChI is InChI=1S/C15H10BrClN2O3/c16-11-4-1-10(2-5-11)3-8-15(20)18-14-7-6-12(19(21)22)9-13(14)17/h1-9H,(H,18,20). The Hall–Kier alpha value is -2.18. The van der Waals surface area contributed by atoms with Gasteiger partial charge in [0.15, 0.2) is 0 Å². The second-order valence-corrected chi connectivity index (χ2v) is 5.62. The number of benzene rings is 2. The van der Waals surface area contributed by atoms with Crippen molar-refractivity contribution < 1.29 is 9.72 Å². The summed E-state index contributed by atoms with van der Waals surface area (Å²) < 4.78 is 0.951. The fourth-order valence-electron chi connectivity index (χ4n) is 1.64. The molecule has 1 amide bonds. The number of halogens is 2. The largest absolute Gasteiger partial charge is 0.321 e. The van der Waals surface area contributed by atoms with Crippen molar-refractivity contribution in [2.24, 2.45) is 0 Å².